The SMILES string of the molecule is CCOC(CN(C)C(=O)c1ccccc1C=O)OCC. The lowest BCUT2D eigenvalue weighted by Gasteiger charge is -2.24. The molecule has 5 nitrogen and oxygen atoms in total. The molecule has 0 unspecified atom stereocenters. The second-order valence-electron chi connectivity index (χ2n) is 4.23. The third-order valence-electron chi connectivity index (χ3n) is 2.79. The van der Waals surface area contributed by atoms with Crippen molar-refractivity contribution in [2.75, 3.05) is 26.8 Å². The van der Waals surface area contributed by atoms with E-state index in [1.165, 1.54) is 4.90 Å². The molecule has 0 aliphatic carbocycles. The molecule has 1 rings (SSSR count). The Balaban J connectivity index is 2.77. The molecule has 20 heavy (non-hydrogen) atoms. The molecule has 0 saturated carbocycles. The average Bonchev–Trinajstić information content (AvgIpc) is 2.46. The van der Waals surface area contributed by atoms with Crippen LogP contribution >= 0.6 is 0 Å². The Morgan fingerprint density at radius 2 is 1.85 bits per heavy atom. The fourth-order valence-electron chi connectivity index (χ4n) is 1.83. The summed E-state index contributed by atoms with van der Waals surface area (Å²) in [6.45, 7) is 5.08. The van der Waals surface area contributed by atoms with E-state index in [-0.39, 0.29) is 5.91 Å². The van der Waals surface area contributed by atoms with Gasteiger partial charge in [0, 0.05) is 25.8 Å². The number of amides is 1. The van der Waals surface area contributed by atoms with Gasteiger partial charge in [-0.15, -0.1) is 0 Å². The number of nitrogens with zero attached hydrogens (tertiary/aromatic N) is 1. The van der Waals surface area contributed by atoms with E-state index in [0.717, 1.165) is 0 Å². The number of rotatable bonds is 8. The van der Waals surface area contributed by atoms with Gasteiger partial charge in [0.1, 0.15) is 0 Å². The van der Waals surface area contributed by atoms with Gasteiger partial charge in [-0.2, -0.15) is 0 Å². The molecule has 1 aromatic rings. The highest BCUT2D eigenvalue weighted by Gasteiger charge is 2.19. The molecule has 1 amide bonds. The van der Waals surface area contributed by atoms with Crippen LogP contribution in [0.1, 0.15) is 34.6 Å². The maximum absolute atomic E-state index is 12.3. The topological polar surface area (TPSA) is 55.8 Å². The Morgan fingerprint density at radius 1 is 1.25 bits per heavy atom. The lowest BCUT2D eigenvalue weighted by Crippen LogP contribution is -2.37. The molecule has 0 radical (unpaired) electrons. The second kappa shape index (κ2) is 8.45. The van der Waals surface area contributed by atoms with E-state index in [4.69, 9.17) is 9.47 Å². The molecular formula is C15H21NO4. The van der Waals surface area contributed by atoms with Crippen molar-refractivity contribution < 1.29 is 19.1 Å². The van der Waals surface area contributed by atoms with Crippen molar-refractivity contribution in [2.24, 2.45) is 0 Å². The highest BCUT2D eigenvalue weighted by Crippen LogP contribution is 2.10. The van der Waals surface area contributed by atoms with Gasteiger partial charge in [-0.25, -0.2) is 0 Å². The lowest BCUT2D eigenvalue weighted by atomic mass is 10.1. The zero-order valence-electron chi connectivity index (χ0n) is 12.2. The first-order valence-electron chi connectivity index (χ1n) is 6.66. The number of carbonyl (C=O) groups is 2. The molecule has 0 saturated heterocycles. The number of likely N-dealkylation sites (N-methyl/N-ethyl adjacent to an activating group) is 1. The normalized spacial score (nSPS) is 10.6. The summed E-state index contributed by atoms with van der Waals surface area (Å²) in [4.78, 5) is 24.8. The Morgan fingerprint density at radius 3 is 2.40 bits per heavy atom. The molecule has 1 aromatic carbocycles. The quantitative estimate of drug-likeness (QED) is 0.539. The van der Waals surface area contributed by atoms with Crippen LogP contribution in [0, 0.1) is 0 Å². The fourth-order valence-corrected chi connectivity index (χ4v) is 1.83. The first-order chi connectivity index (χ1) is 9.63. The van der Waals surface area contributed by atoms with Gasteiger partial charge >= 0.3 is 0 Å². The minimum Gasteiger partial charge on any atom is -0.351 e. The maximum Gasteiger partial charge on any atom is 0.254 e. The molecular weight excluding hydrogens is 258 g/mol. The number of hydrogen-bond donors (Lipinski definition) is 0. The summed E-state index contributed by atoms with van der Waals surface area (Å²) in [7, 11) is 1.66. The van der Waals surface area contributed by atoms with Crippen LogP contribution in [0.4, 0.5) is 0 Å². The molecule has 0 atom stereocenters. The predicted molar refractivity (Wildman–Crippen MR) is 75.8 cm³/mol. The van der Waals surface area contributed by atoms with Gasteiger partial charge in [-0.05, 0) is 19.9 Å². The van der Waals surface area contributed by atoms with Gasteiger partial charge in [0.15, 0.2) is 12.6 Å². The summed E-state index contributed by atoms with van der Waals surface area (Å²) in [5.41, 5.74) is 0.769. The Labute approximate surface area is 119 Å². The van der Waals surface area contributed by atoms with Crippen LogP contribution in [0.5, 0.6) is 0 Å². The molecule has 0 N–H and O–H groups in total. The maximum atomic E-state index is 12.3. The van der Waals surface area contributed by atoms with Crippen molar-refractivity contribution in [1.29, 1.82) is 0 Å². The number of aldehydes is 1. The summed E-state index contributed by atoms with van der Waals surface area (Å²) in [6, 6.07) is 6.72. The molecule has 0 aromatic heterocycles. The minimum atomic E-state index is -0.456. The van der Waals surface area contributed by atoms with E-state index in [1.807, 2.05) is 13.8 Å². The van der Waals surface area contributed by atoms with E-state index in [0.29, 0.717) is 37.2 Å². The second-order valence-corrected chi connectivity index (χ2v) is 4.23. The van der Waals surface area contributed by atoms with Crippen LogP contribution in [0.3, 0.4) is 0 Å². The van der Waals surface area contributed by atoms with Gasteiger partial charge < -0.3 is 14.4 Å². The summed E-state index contributed by atoms with van der Waals surface area (Å²) in [5.74, 6) is -0.225. The van der Waals surface area contributed by atoms with Crippen LogP contribution in [0.15, 0.2) is 24.3 Å². The first kappa shape index (κ1) is 16.3. The molecule has 0 aliphatic rings. The average molecular weight is 279 g/mol. The van der Waals surface area contributed by atoms with Gasteiger partial charge in [0.25, 0.3) is 5.91 Å². The summed E-state index contributed by atoms with van der Waals surface area (Å²) < 4.78 is 10.8. The summed E-state index contributed by atoms with van der Waals surface area (Å²) in [5, 5.41) is 0. The standard InChI is InChI=1S/C15H21NO4/c1-4-19-14(20-5-2)10-16(3)15(18)13-9-7-6-8-12(13)11-17/h6-9,11,14H,4-5,10H2,1-3H3. The molecule has 110 valence electrons. The molecule has 0 fully saturated rings. The number of hydrogen-bond acceptors (Lipinski definition) is 4. The van der Waals surface area contributed by atoms with E-state index < -0.39 is 6.29 Å². The smallest absolute Gasteiger partial charge is 0.254 e. The number of carbonyl (C=O) groups excluding carboxylic acids is 2. The van der Waals surface area contributed by atoms with Crippen molar-refractivity contribution in [1.82, 2.24) is 4.90 Å². The van der Waals surface area contributed by atoms with Crippen LogP contribution in [0.25, 0.3) is 0 Å². The Bertz CT molecular complexity index is 441. The Kier molecular flexibility index (Phi) is 6.90. The van der Waals surface area contributed by atoms with Crippen molar-refractivity contribution in [3.63, 3.8) is 0 Å². The van der Waals surface area contributed by atoms with Crippen LogP contribution in [-0.4, -0.2) is 50.2 Å². The zero-order chi connectivity index (χ0) is 15.0. The van der Waals surface area contributed by atoms with E-state index in [2.05, 4.69) is 0 Å². The van der Waals surface area contributed by atoms with Crippen molar-refractivity contribution in [3.05, 3.63) is 35.4 Å². The predicted octanol–water partition coefficient (Wildman–Crippen LogP) is 1.97. The summed E-state index contributed by atoms with van der Waals surface area (Å²) >= 11 is 0. The third-order valence-corrected chi connectivity index (χ3v) is 2.79. The van der Waals surface area contributed by atoms with Crippen molar-refractivity contribution in [3.8, 4) is 0 Å². The van der Waals surface area contributed by atoms with Crippen molar-refractivity contribution in [2.45, 2.75) is 20.1 Å². The van der Waals surface area contributed by atoms with Crippen molar-refractivity contribution >= 4 is 12.2 Å². The van der Waals surface area contributed by atoms with Gasteiger partial charge in [-0.3, -0.25) is 9.59 Å². The van der Waals surface area contributed by atoms with E-state index >= 15 is 0 Å². The van der Waals surface area contributed by atoms with Crippen LogP contribution in [-0.2, 0) is 9.47 Å². The molecule has 0 bridgehead atoms. The number of benzene rings is 1. The minimum absolute atomic E-state index is 0.225. The van der Waals surface area contributed by atoms with E-state index in [1.54, 1.807) is 31.3 Å². The Hall–Kier alpha value is -1.72. The highest BCUT2D eigenvalue weighted by molar-refractivity contribution is 6.01. The molecule has 0 heterocycles. The molecule has 5 heteroatoms. The number of ether oxygens (including phenoxy) is 2. The molecule has 0 spiro atoms. The largest absolute Gasteiger partial charge is 0.351 e. The van der Waals surface area contributed by atoms with E-state index in [9.17, 15) is 9.59 Å². The van der Waals surface area contributed by atoms with Gasteiger partial charge in [0.05, 0.1) is 12.1 Å². The van der Waals surface area contributed by atoms with Crippen LogP contribution < -0.4 is 0 Å². The van der Waals surface area contributed by atoms with Gasteiger partial charge in [0.2, 0.25) is 0 Å². The molecule has 0 aliphatic heterocycles. The third kappa shape index (κ3) is 4.43. The summed E-state index contributed by atoms with van der Waals surface area (Å²) in [6.07, 6.45) is 0.228. The first-order valence-corrected chi connectivity index (χ1v) is 6.66. The zero-order valence-corrected chi connectivity index (χ0v) is 12.2. The van der Waals surface area contributed by atoms with Crippen LogP contribution in [0.2, 0.25) is 0 Å². The fraction of sp³-hybridized carbons (Fsp3) is 0.467. The monoisotopic (exact) mass is 279 g/mol. The highest BCUT2D eigenvalue weighted by atomic mass is 16.7. The lowest BCUT2D eigenvalue weighted by molar-refractivity contribution is -0.141. The van der Waals surface area contributed by atoms with Gasteiger partial charge in [-0.1, -0.05) is 18.2 Å².